The molecular formula is C28H38ClNO4. The van der Waals surface area contributed by atoms with Crippen LogP contribution in [0.1, 0.15) is 66.5 Å². The Hall–Kier alpha value is -1.92. The van der Waals surface area contributed by atoms with Crippen LogP contribution in [-0.4, -0.2) is 52.9 Å². The van der Waals surface area contributed by atoms with Crippen LogP contribution in [0, 0.1) is 13.8 Å². The van der Waals surface area contributed by atoms with Crippen LogP contribution in [0.4, 0.5) is 0 Å². The van der Waals surface area contributed by atoms with E-state index in [0.717, 1.165) is 59.5 Å². The number of nitrogens with zero attached hydrogens (tertiary/aromatic N) is 1. The molecule has 5 nitrogen and oxygen atoms in total. The first-order valence-electron chi connectivity index (χ1n) is 12.4. The highest BCUT2D eigenvalue weighted by Crippen LogP contribution is 2.29. The standard InChI is InChI=1S/C28H38ClNO4/c1-4-27(25-9-5-7-19(2)24(25)12-13-28(32)33)34-18-23(31)17-30-14-6-8-22(30)15-21-11-10-20(3)26(29)16-21/h5,7,9-11,16,22-23,27,31H,4,6,8,12-15,17-18H2,1-3H3,(H,32,33)/t22-,23+,27?/m0/s1. The molecule has 1 aliphatic heterocycles. The predicted molar refractivity (Wildman–Crippen MR) is 137 cm³/mol. The van der Waals surface area contributed by atoms with Crippen LogP contribution in [0.3, 0.4) is 0 Å². The fraction of sp³-hybridized carbons (Fsp3) is 0.536. The minimum Gasteiger partial charge on any atom is -0.481 e. The number of hydrogen-bond acceptors (Lipinski definition) is 4. The smallest absolute Gasteiger partial charge is 0.303 e. The van der Waals surface area contributed by atoms with Gasteiger partial charge in [-0.2, -0.15) is 0 Å². The lowest BCUT2D eigenvalue weighted by Gasteiger charge is -2.28. The van der Waals surface area contributed by atoms with Gasteiger partial charge in [0, 0.05) is 24.0 Å². The zero-order valence-electron chi connectivity index (χ0n) is 20.6. The number of rotatable bonds is 12. The van der Waals surface area contributed by atoms with Gasteiger partial charge in [-0.25, -0.2) is 0 Å². The summed E-state index contributed by atoms with van der Waals surface area (Å²) in [6.07, 6.45) is 3.78. The Bertz CT molecular complexity index is 963. The number of halogens is 1. The molecule has 1 aliphatic rings. The number of aliphatic hydroxyl groups excluding tert-OH is 1. The van der Waals surface area contributed by atoms with Gasteiger partial charge in [-0.15, -0.1) is 0 Å². The number of carboxylic acid groups (broad SMARTS) is 1. The molecule has 34 heavy (non-hydrogen) atoms. The van der Waals surface area contributed by atoms with Crippen molar-refractivity contribution >= 4 is 17.6 Å². The highest BCUT2D eigenvalue weighted by atomic mass is 35.5. The van der Waals surface area contributed by atoms with E-state index < -0.39 is 12.1 Å². The fourth-order valence-electron chi connectivity index (χ4n) is 4.98. The molecule has 0 aromatic heterocycles. The Kier molecular flexibility index (Phi) is 9.96. The molecule has 0 amide bonds. The summed E-state index contributed by atoms with van der Waals surface area (Å²) in [5.74, 6) is -0.799. The van der Waals surface area contributed by atoms with Crippen LogP contribution in [0.25, 0.3) is 0 Å². The first kappa shape index (κ1) is 26.7. The molecular weight excluding hydrogens is 450 g/mol. The number of carboxylic acids is 1. The SMILES string of the molecule is CCC(OC[C@H](O)CN1CCC[C@H]1Cc1ccc(C)c(Cl)c1)c1cccc(C)c1CCC(=O)O. The van der Waals surface area contributed by atoms with E-state index in [4.69, 9.17) is 21.4 Å². The van der Waals surface area contributed by atoms with Crippen LogP contribution in [0.2, 0.25) is 5.02 Å². The van der Waals surface area contributed by atoms with Crippen LogP contribution in [-0.2, 0) is 22.4 Å². The summed E-state index contributed by atoms with van der Waals surface area (Å²) in [5.41, 5.74) is 5.48. The number of likely N-dealkylation sites (tertiary alicyclic amines) is 1. The van der Waals surface area contributed by atoms with Gasteiger partial charge >= 0.3 is 5.97 Å². The zero-order valence-corrected chi connectivity index (χ0v) is 21.4. The molecule has 1 unspecified atom stereocenters. The summed E-state index contributed by atoms with van der Waals surface area (Å²) in [6.45, 7) is 7.90. The number of aryl methyl sites for hydroxylation is 2. The Morgan fingerprint density at radius 1 is 1.24 bits per heavy atom. The van der Waals surface area contributed by atoms with Gasteiger partial charge in [0.25, 0.3) is 0 Å². The lowest BCUT2D eigenvalue weighted by Crippen LogP contribution is -2.39. The molecule has 186 valence electrons. The topological polar surface area (TPSA) is 70.0 Å². The third-order valence-electron chi connectivity index (χ3n) is 6.89. The third-order valence-corrected chi connectivity index (χ3v) is 7.30. The van der Waals surface area contributed by atoms with Gasteiger partial charge in [0.2, 0.25) is 0 Å². The molecule has 1 heterocycles. The normalized spacial score (nSPS) is 18.2. The Morgan fingerprint density at radius 2 is 2.03 bits per heavy atom. The maximum atomic E-state index is 11.1. The highest BCUT2D eigenvalue weighted by molar-refractivity contribution is 6.31. The lowest BCUT2D eigenvalue weighted by molar-refractivity contribution is -0.136. The molecule has 2 aromatic carbocycles. The first-order valence-corrected chi connectivity index (χ1v) is 12.7. The van der Waals surface area contributed by atoms with E-state index in [-0.39, 0.29) is 19.1 Å². The maximum Gasteiger partial charge on any atom is 0.303 e. The minimum absolute atomic E-state index is 0.0967. The largest absolute Gasteiger partial charge is 0.481 e. The van der Waals surface area contributed by atoms with E-state index in [2.05, 4.69) is 30.0 Å². The highest BCUT2D eigenvalue weighted by Gasteiger charge is 2.27. The fourth-order valence-corrected chi connectivity index (χ4v) is 5.18. The van der Waals surface area contributed by atoms with Gasteiger partial charge in [0.05, 0.1) is 18.8 Å². The molecule has 0 spiro atoms. The molecule has 0 saturated carbocycles. The van der Waals surface area contributed by atoms with E-state index in [1.54, 1.807) is 0 Å². The number of β-amino-alcohol motifs (C(OH)–C–C–N with tert-alkyl or cyclic N) is 1. The average molecular weight is 488 g/mol. The Balaban J connectivity index is 1.58. The van der Waals surface area contributed by atoms with Crippen molar-refractivity contribution in [1.29, 1.82) is 0 Å². The van der Waals surface area contributed by atoms with E-state index in [1.807, 2.05) is 32.0 Å². The van der Waals surface area contributed by atoms with Gasteiger partial charge < -0.3 is 14.9 Å². The van der Waals surface area contributed by atoms with E-state index >= 15 is 0 Å². The summed E-state index contributed by atoms with van der Waals surface area (Å²) in [4.78, 5) is 13.5. The van der Waals surface area contributed by atoms with Crippen molar-refractivity contribution in [3.05, 3.63) is 69.2 Å². The summed E-state index contributed by atoms with van der Waals surface area (Å²) >= 11 is 6.31. The number of benzene rings is 2. The second kappa shape index (κ2) is 12.7. The number of carbonyl (C=O) groups is 1. The van der Waals surface area contributed by atoms with Crippen molar-refractivity contribution in [3.63, 3.8) is 0 Å². The molecule has 3 atom stereocenters. The van der Waals surface area contributed by atoms with E-state index in [1.165, 1.54) is 5.56 Å². The van der Waals surface area contributed by atoms with Crippen molar-refractivity contribution in [2.24, 2.45) is 0 Å². The number of hydrogen-bond donors (Lipinski definition) is 2. The number of aliphatic carboxylic acids is 1. The first-order chi connectivity index (χ1) is 16.3. The van der Waals surface area contributed by atoms with Crippen LogP contribution in [0.15, 0.2) is 36.4 Å². The molecule has 2 aromatic rings. The van der Waals surface area contributed by atoms with Crippen molar-refractivity contribution < 1.29 is 19.7 Å². The van der Waals surface area contributed by atoms with Crippen molar-refractivity contribution in [2.75, 3.05) is 19.7 Å². The third kappa shape index (κ3) is 7.29. The summed E-state index contributed by atoms with van der Waals surface area (Å²) in [7, 11) is 0. The monoisotopic (exact) mass is 487 g/mol. The zero-order chi connectivity index (χ0) is 24.7. The van der Waals surface area contributed by atoms with Gasteiger partial charge in [-0.05, 0) is 86.4 Å². The van der Waals surface area contributed by atoms with Crippen LogP contribution in [0.5, 0.6) is 0 Å². The molecule has 1 fully saturated rings. The second-order valence-corrected chi connectivity index (χ2v) is 9.91. The molecule has 0 radical (unpaired) electrons. The van der Waals surface area contributed by atoms with Gasteiger partial charge in [-0.3, -0.25) is 9.69 Å². The minimum atomic E-state index is -0.799. The average Bonchev–Trinajstić information content (AvgIpc) is 3.22. The molecule has 3 rings (SSSR count). The van der Waals surface area contributed by atoms with Gasteiger partial charge in [-0.1, -0.05) is 48.9 Å². The Labute approximate surface area is 208 Å². The second-order valence-electron chi connectivity index (χ2n) is 9.50. The summed E-state index contributed by atoms with van der Waals surface area (Å²) in [5, 5.41) is 20.7. The molecule has 6 heteroatoms. The van der Waals surface area contributed by atoms with E-state index in [9.17, 15) is 9.90 Å². The van der Waals surface area contributed by atoms with Gasteiger partial charge in [0.1, 0.15) is 0 Å². The van der Waals surface area contributed by atoms with Crippen molar-refractivity contribution in [3.8, 4) is 0 Å². The molecule has 1 saturated heterocycles. The molecule has 2 N–H and O–H groups in total. The van der Waals surface area contributed by atoms with Crippen LogP contribution >= 0.6 is 11.6 Å². The predicted octanol–water partition coefficient (Wildman–Crippen LogP) is 5.51. The molecule has 0 aliphatic carbocycles. The number of aliphatic hydroxyl groups is 1. The molecule has 0 bridgehead atoms. The van der Waals surface area contributed by atoms with Crippen LogP contribution < -0.4 is 0 Å². The number of ether oxygens (including phenoxy) is 1. The van der Waals surface area contributed by atoms with E-state index in [0.29, 0.717) is 19.0 Å². The lowest BCUT2D eigenvalue weighted by atomic mass is 9.93. The summed E-state index contributed by atoms with van der Waals surface area (Å²) in [6, 6.07) is 12.7. The van der Waals surface area contributed by atoms with Gasteiger partial charge in [0.15, 0.2) is 0 Å². The summed E-state index contributed by atoms with van der Waals surface area (Å²) < 4.78 is 6.19. The maximum absolute atomic E-state index is 11.1. The quantitative estimate of drug-likeness (QED) is 0.413. The van der Waals surface area contributed by atoms with Crippen molar-refractivity contribution in [2.45, 2.75) is 77.5 Å². The van der Waals surface area contributed by atoms with Crippen molar-refractivity contribution in [1.82, 2.24) is 4.90 Å². The Morgan fingerprint density at radius 3 is 2.74 bits per heavy atom.